The Balaban J connectivity index is 2.04. The molecular weight excluding hydrogens is 388 g/mol. The quantitative estimate of drug-likeness (QED) is 0.639. The fourth-order valence-corrected chi connectivity index (χ4v) is 3.95. The van der Waals surface area contributed by atoms with E-state index in [9.17, 15) is 23.1 Å². The van der Waals surface area contributed by atoms with Crippen LogP contribution in [0.3, 0.4) is 0 Å². The first-order chi connectivity index (χ1) is 13.3. The zero-order valence-corrected chi connectivity index (χ0v) is 15.1. The molecule has 0 atom stereocenters. The van der Waals surface area contributed by atoms with Crippen LogP contribution in [0.15, 0.2) is 56.7 Å². The van der Waals surface area contributed by atoms with Gasteiger partial charge in [0.15, 0.2) is 11.5 Å². The first-order valence-electron chi connectivity index (χ1n) is 7.92. The molecule has 0 saturated heterocycles. The third-order valence-corrected chi connectivity index (χ3v) is 5.29. The summed E-state index contributed by atoms with van der Waals surface area (Å²) in [7, 11) is -4.12. The van der Waals surface area contributed by atoms with Gasteiger partial charge in [-0.15, -0.1) is 9.13 Å². The summed E-state index contributed by atoms with van der Waals surface area (Å²) in [5.74, 6) is -1.74. The van der Waals surface area contributed by atoms with E-state index >= 15 is 0 Å². The predicted octanol–water partition coefficient (Wildman–Crippen LogP) is 0.638. The molecule has 11 heteroatoms. The Labute approximate surface area is 157 Å². The molecule has 0 aliphatic carbocycles. The molecule has 2 N–H and O–H groups in total. The number of nitrogens with zero attached hydrogens (tertiary/aromatic N) is 3. The lowest BCUT2D eigenvalue weighted by Gasteiger charge is -2.19. The zero-order chi connectivity index (χ0) is 20.1. The van der Waals surface area contributed by atoms with Crippen LogP contribution in [0, 0.1) is 0 Å². The number of aromatic hydroxyl groups is 1. The van der Waals surface area contributed by atoms with Gasteiger partial charge in [-0.1, -0.05) is 12.1 Å². The van der Waals surface area contributed by atoms with Crippen molar-refractivity contribution in [3.8, 4) is 5.75 Å². The second kappa shape index (κ2) is 6.16. The van der Waals surface area contributed by atoms with Gasteiger partial charge in [-0.3, -0.25) is 4.79 Å². The minimum absolute atomic E-state index is 0.0685. The number of anilines is 1. The van der Waals surface area contributed by atoms with Crippen molar-refractivity contribution < 1.29 is 23.2 Å². The minimum atomic E-state index is -4.12. The number of carbonyl (C=O) groups excluding carboxylic acids is 1. The number of carbonyl (C=O) groups is 1. The molecule has 1 aliphatic rings. The summed E-state index contributed by atoms with van der Waals surface area (Å²) in [6.45, 7) is 1.09. The Morgan fingerprint density at radius 1 is 1.21 bits per heavy atom. The van der Waals surface area contributed by atoms with Gasteiger partial charge in [-0.05, 0) is 24.3 Å². The van der Waals surface area contributed by atoms with E-state index < -0.39 is 38.7 Å². The molecule has 0 spiro atoms. The van der Waals surface area contributed by atoms with Crippen LogP contribution < -0.4 is 15.7 Å². The molecular formula is C17H12N4O6S. The highest BCUT2D eigenvalue weighted by atomic mass is 32.2. The van der Waals surface area contributed by atoms with Gasteiger partial charge in [0.2, 0.25) is 0 Å². The first-order valence-corrected chi connectivity index (χ1v) is 9.36. The van der Waals surface area contributed by atoms with Crippen LogP contribution in [-0.2, 0) is 14.8 Å². The van der Waals surface area contributed by atoms with E-state index in [0.29, 0.717) is 4.73 Å². The highest BCUT2D eigenvalue weighted by Crippen LogP contribution is 2.31. The number of sulfonamides is 1. The molecule has 3 heterocycles. The maximum atomic E-state index is 12.9. The van der Waals surface area contributed by atoms with E-state index in [2.05, 4.69) is 14.7 Å². The summed E-state index contributed by atoms with van der Waals surface area (Å²) in [5, 5.41) is 13.5. The lowest BCUT2D eigenvalue weighted by atomic mass is 10.1. The van der Waals surface area contributed by atoms with Gasteiger partial charge in [-0.2, -0.15) is 8.42 Å². The first kappa shape index (κ1) is 17.7. The number of hydrogen-bond donors (Lipinski definition) is 2. The Morgan fingerprint density at radius 3 is 2.71 bits per heavy atom. The number of nitrogens with one attached hydrogen (secondary N) is 1. The lowest BCUT2D eigenvalue weighted by molar-refractivity contribution is -0.141. The van der Waals surface area contributed by atoms with Crippen molar-refractivity contribution in [2.45, 2.75) is 11.8 Å². The van der Waals surface area contributed by atoms with Gasteiger partial charge in [0.25, 0.3) is 10.0 Å². The van der Waals surface area contributed by atoms with Gasteiger partial charge in [0.1, 0.15) is 16.2 Å². The fourth-order valence-electron chi connectivity index (χ4n) is 2.83. The number of amidine groups is 1. The highest BCUT2D eigenvalue weighted by molar-refractivity contribution is 7.90. The minimum Gasteiger partial charge on any atom is -0.506 e. The second-order valence-electron chi connectivity index (χ2n) is 5.82. The summed E-state index contributed by atoms with van der Waals surface area (Å²) in [6.07, 6.45) is 1.35. The molecule has 28 heavy (non-hydrogen) atoms. The summed E-state index contributed by atoms with van der Waals surface area (Å²) < 4.78 is 29.2. The number of aromatic nitrogens is 2. The van der Waals surface area contributed by atoms with Crippen LogP contribution in [0.2, 0.25) is 0 Å². The smallest absolute Gasteiger partial charge is 0.330 e. The second-order valence-corrected chi connectivity index (χ2v) is 7.39. The molecule has 1 aromatic carbocycles. The molecule has 3 aromatic rings. The van der Waals surface area contributed by atoms with E-state index in [4.69, 9.17) is 4.84 Å². The molecule has 2 aromatic heterocycles. The zero-order valence-electron chi connectivity index (χ0n) is 14.3. The van der Waals surface area contributed by atoms with Gasteiger partial charge in [0, 0.05) is 13.1 Å². The van der Waals surface area contributed by atoms with Crippen molar-refractivity contribution in [2.75, 3.05) is 5.32 Å². The number of rotatable bonds is 2. The third kappa shape index (κ3) is 2.68. The molecule has 10 nitrogen and oxygen atoms in total. The van der Waals surface area contributed by atoms with E-state index in [1.807, 2.05) is 0 Å². The van der Waals surface area contributed by atoms with Crippen molar-refractivity contribution in [1.82, 2.24) is 9.71 Å². The largest absolute Gasteiger partial charge is 0.506 e. The molecule has 0 fully saturated rings. The molecule has 0 bridgehead atoms. The van der Waals surface area contributed by atoms with Gasteiger partial charge >= 0.3 is 11.5 Å². The number of hydrogen-bond acceptors (Lipinski definition) is 8. The van der Waals surface area contributed by atoms with Gasteiger partial charge < -0.3 is 15.3 Å². The number of pyridine rings is 2. The maximum absolute atomic E-state index is 12.9. The average molecular weight is 400 g/mol. The van der Waals surface area contributed by atoms with Crippen molar-refractivity contribution in [3.05, 3.63) is 58.5 Å². The van der Waals surface area contributed by atoms with Crippen molar-refractivity contribution in [1.29, 1.82) is 0 Å². The van der Waals surface area contributed by atoms with Crippen LogP contribution in [0.25, 0.3) is 11.0 Å². The van der Waals surface area contributed by atoms with E-state index in [-0.39, 0.29) is 21.6 Å². The summed E-state index contributed by atoms with van der Waals surface area (Å²) >= 11 is 0. The Morgan fingerprint density at radius 2 is 1.96 bits per heavy atom. The van der Waals surface area contributed by atoms with Gasteiger partial charge in [0.05, 0.1) is 11.1 Å². The third-order valence-electron chi connectivity index (χ3n) is 3.96. The molecule has 1 aliphatic heterocycles. The maximum Gasteiger partial charge on any atom is 0.330 e. The molecule has 4 rings (SSSR count). The van der Waals surface area contributed by atoms with Crippen molar-refractivity contribution >= 4 is 38.5 Å². The van der Waals surface area contributed by atoms with Crippen molar-refractivity contribution in [2.24, 2.45) is 4.40 Å². The number of para-hydroxylation sites is 1. The summed E-state index contributed by atoms with van der Waals surface area (Å²) in [6, 6.07) is 8.92. The standard InChI is InChI=1S/C17H12N4O6S/c1-9(22)27-21-16-10(5-4-8-18-16)14(23)13(17(21)24)15-19-11-6-2-3-7-12(11)28(25,26)20-15/h2-8,23H,1H3,(H,19,20). The number of benzene rings is 1. The highest BCUT2D eigenvalue weighted by Gasteiger charge is 2.30. The topological polar surface area (TPSA) is 140 Å². The number of fused-ring (bicyclic) bond motifs is 2. The predicted molar refractivity (Wildman–Crippen MR) is 98.7 cm³/mol. The van der Waals surface area contributed by atoms with Crippen LogP contribution in [0.1, 0.15) is 12.5 Å². The Hall–Kier alpha value is -3.73. The van der Waals surface area contributed by atoms with E-state index in [0.717, 1.165) is 6.92 Å². The molecule has 0 amide bonds. The van der Waals surface area contributed by atoms with Crippen LogP contribution in [0.4, 0.5) is 5.69 Å². The van der Waals surface area contributed by atoms with Crippen LogP contribution >= 0.6 is 0 Å². The van der Waals surface area contributed by atoms with Crippen molar-refractivity contribution in [3.63, 3.8) is 0 Å². The van der Waals surface area contributed by atoms with Crippen LogP contribution in [-0.4, -0.2) is 35.0 Å². The molecule has 0 radical (unpaired) electrons. The molecule has 142 valence electrons. The molecule has 0 saturated carbocycles. The van der Waals surface area contributed by atoms with Gasteiger partial charge in [-0.25, -0.2) is 9.78 Å². The Bertz CT molecular complexity index is 1340. The van der Waals surface area contributed by atoms with Crippen LogP contribution in [0.5, 0.6) is 5.75 Å². The normalized spacial score (nSPS) is 14.7. The summed E-state index contributed by atoms with van der Waals surface area (Å²) in [5.41, 5.74) is -1.39. The Kier molecular flexibility index (Phi) is 3.89. The lowest BCUT2D eigenvalue weighted by Crippen LogP contribution is -2.36. The summed E-state index contributed by atoms with van der Waals surface area (Å²) in [4.78, 5) is 33.2. The molecule has 0 unspecified atom stereocenters. The monoisotopic (exact) mass is 400 g/mol. The fraction of sp³-hybridized carbons (Fsp3) is 0.0588. The van der Waals surface area contributed by atoms with E-state index in [1.165, 1.54) is 36.5 Å². The van der Waals surface area contributed by atoms with E-state index in [1.54, 1.807) is 6.07 Å². The average Bonchev–Trinajstić information content (AvgIpc) is 2.65. The SMILES string of the molecule is CC(=O)On1c(=O)c(C2=NS(=O)(=O)c3ccccc3N2)c(O)c2cccnc21.